The molecule has 0 aromatic heterocycles. The number of halogens is 1. The van der Waals surface area contributed by atoms with Gasteiger partial charge in [0.05, 0.1) is 17.6 Å². The summed E-state index contributed by atoms with van der Waals surface area (Å²) < 4.78 is 44.7. The summed E-state index contributed by atoms with van der Waals surface area (Å²) in [6.45, 7) is 1.94. The standard InChI is InChI=1S/C18H20FNO4S/c1-13-5-10-16(12-17(13)18(21)24-2)25(22,23)20-11-3-4-14-6-8-15(19)9-7-14/h5-10,12,20H,3-4,11H2,1-2H3. The van der Waals surface area contributed by atoms with Gasteiger partial charge in [-0.25, -0.2) is 22.3 Å². The van der Waals surface area contributed by atoms with E-state index in [2.05, 4.69) is 9.46 Å². The van der Waals surface area contributed by atoms with Crippen molar-refractivity contribution in [3.63, 3.8) is 0 Å². The number of esters is 1. The van der Waals surface area contributed by atoms with Crippen LogP contribution in [-0.2, 0) is 21.2 Å². The molecule has 2 rings (SSSR count). The van der Waals surface area contributed by atoms with Crippen molar-refractivity contribution in [3.8, 4) is 0 Å². The number of carbonyl (C=O) groups is 1. The quantitative estimate of drug-likeness (QED) is 0.605. The van der Waals surface area contributed by atoms with Gasteiger partial charge in [-0.1, -0.05) is 18.2 Å². The molecule has 0 saturated carbocycles. The number of hydrogen-bond acceptors (Lipinski definition) is 4. The fourth-order valence-electron chi connectivity index (χ4n) is 2.33. The molecule has 0 aliphatic carbocycles. The minimum atomic E-state index is -3.72. The minimum Gasteiger partial charge on any atom is -0.465 e. The van der Waals surface area contributed by atoms with E-state index in [1.807, 2.05) is 0 Å². The van der Waals surface area contributed by atoms with Gasteiger partial charge in [0.2, 0.25) is 10.0 Å². The molecule has 0 aliphatic heterocycles. The van der Waals surface area contributed by atoms with Gasteiger partial charge in [-0.3, -0.25) is 0 Å². The Hall–Kier alpha value is -2.25. The summed E-state index contributed by atoms with van der Waals surface area (Å²) in [5.74, 6) is -0.879. The Kier molecular flexibility index (Phi) is 6.27. The molecule has 0 atom stereocenters. The molecule has 2 aromatic rings. The Balaban J connectivity index is 1.99. The lowest BCUT2D eigenvalue weighted by atomic mass is 10.1. The molecule has 0 amide bonds. The van der Waals surface area contributed by atoms with Crippen molar-refractivity contribution < 1.29 is 22.3 Å². The Bertz CT molecular complexity index is 848. The molecule has 0 heterocycles. The van der Waals surface area contributed by atoms with E-state index in [0.29, 0.717) is 18.4 Å². The van der Waals surface area contributed by atoms with Crippen molar-refractivity contribution in [2.75, 3.05) is 13.7 Å². The van der Waals surface area contributed by atoms with E-state index in [-0.39, 0.29) is 22.8 Å². The van der Waals surface area contributed by atoms with E-state index in [1.165, 1.54) is 31.4 Å². The lowest BCUT2D eigenvalue weighted by Crippen LogP contribution is -2.25. The van der Waals surface area contributed by atoms with E-state index < -0.39 is 16.0 Å². The Labute approximate surface area is 146 Å². The molecule has 5 nitrogen and oxygen atoms in total. The third kappa shape index (κ3) is 5.11. The molecule has 0 bridgehead atoms. The predicted molar refractivity (Wildman–Crippen MR) is 92.4 cm³/mol. The van der Waals surface area contributed by atoms with Gasteiger partial charge >= 0.3 is 5.97 Å². The minimum absolute atomic E-state index is 0.0142. The fraction of sp³-hybridized carbons (Fsp3) is 0.278. The van der Waals surface area contributed by atoms with Crippen molar-refractivity contribution in [1.82, 2.24) is 4.72 Å². The van der Waals surface area contributed by atoms with Gasteiger partial charge in [0, 0.05) is 6.54 Å². The van der Waals surface area contributed by atoms with Crippen LogP contribution < -0.4 is 4.72 Å². The highest BCUT2D eigenvalue weighted by molar-refractivity contribution is 7.89. The maximum absolute atomic E-state index is 12.8. The molecule has 0 unspecified atom stereocenters. The van der Waals surface area contributed by atoms with E-state index >= 15 is 0 Å². The van der Waals surface area contributed by atoms with E-state index in [0.717, 1.165) is 5.56 Å². The van der Waals surface area contributed by atoms with E-state index in [9.17, 15) is 17.6 Å². The first-order valence-electron chi connectivity index (χ1n) is 7.76. The summed E-state index contributed by atoms with van der Waals surface area (Å²) in [5, 5.41) is 0. The van der Waals surface area contributed by atoms with Crippen molar-refractivity contribution >= 4 is 16.0 Å². The second-order valence-corrected chi connectivity index (χ2v) is 7.36. The van der Waals surface area contributed by atoms with Crippen molar-refractivity contribution in [1.29, 1.82) is 0 Å². The second kappa shape index (κ2) is 8.22. The summed E-state index contributed by atoms with van der Waals surface area (Å²) in [6.07, 6.45) is 1.20. The average Bonchev–Trinajstić information content (AvgIpc) is 2.60. The zero-order chi connectivity index (χ0) is 18.4. The summed E-state index contributed by atoms with van der Waals surface area (Å²) in [5.41, 5.74) is 1.79. The van der Waals surface area contributed by atoms with Crippen LogP contribution in [0.5, 0.6) is 0 Å². The number of ether oxygens (including phenoxy) is 1. The molecule has 0 fully saturated rings. The van der Waals surface area contributed by atoms with Crippen molar-refractivity contribution in [2.24, 2.45) is 0 Å². The first kappa shape index (κ1) is 19.1. The molecule has 134 valence electrons. The fourth-order valence-corrected chi connectivity index (χ4v) is 3.43. The SMILES string of the molecule is COC(=O)c1cc(S(=O)(=O)NCCCc2ccc(F)cc2)ccc1C. The van der Waals surface area contributed by atoms with Crippen LogP contribution in [0.15, 0.2) is 47.4 Å². The number of methoxy groups -OCH3 is 1. The van der Waals surface area contributed by atoms with Crippen molar-refractivity contribution in [2.45, 2.75) is 24.7 Å². The Morgan fingerprint density at radius 2 is 1.84 bits per heavy atom. The normalized spacial score (nSPS) is 11.3. The number of rotatable bonds is 7. The molecule has 7 heteroatoms. The zero-order valence-corrected chi connectivity index (χ0v) is 14.9. The third-order valence-electron chi connectivity index (χ3n) is 3.77. The first-order chi connectivity index (χ1) is 11.8. The molecule has 0 radical (unpaired) electrons. The smallest absolute Gasteiger partial charge is 0.338 e. The summed E-state index contributed by atoms with van der Waals surface area (Å²) in [7, 11) is -2.47. The maximum atomic E-state index is 12.8. The van der Waals surface area contributed by atoms with Gasteiger partial charge in [0.15, 0.2) is 0 Å². The van der Waals surface area contributed by atoms with Crippen LogP contribution in [-0.4, -0.2) is 28.0 Å². The van der Waals surface area contributed by atoms with Crippen LogP contribution in [0.1, 0.15) is 27.9 Å². The number of sulfonamides is 1. The van der Waals surface area contributed by atoms with Crippen LogP contribution >= 0.6 is 0 Å². The zero-order valence-electron chi connectivity index (χ0n) is 14.1. The van der Waals surface area contributed by atoms with Gasteiger partial charge in [0.1, 0.15) is 5.82 Å². The van der Waals surface area contributed by atoms with Crippen LogP contribution in [0, 0.1) is 12.7 Å². The summed E-state index contributed by atoms with van der Waals surface area (Å²) in [4.78, 5) is 11.7. The summed E-state index contributed by atoms with van der Waals surface area (Å²) in [6, 6.07) is 10.4. The largest absolute Gasteiger partial charge is 0.465 e. The van der Waals surface area contributed by atoms with Gasteiger partial charge in [-0.2, -0.15) is 0 Å². The highest BCUT2D eigenvalue weighted by Crippen LogP contribution is 2.16. The highest BCUT2D eigenvalue weighted by Gasteiger charge is 2.17. The lowest BCUT2D eigenvalue weighted by Gasteiger charge is -2.10. The van der Waals surface area contributed by atoms with Crippen LogP contribution in [0.2, 0.25) is 0 Å². The Morgan fingerprint density at radius 3 is 2.48 bits per heavy atom. The predicted octanol–water partition coefficient (Wildman–Crippen LogP) is 2.83. The van der Waals surface area contributed by atoms with Crippen LogP contribution in [0.3, 0.4) is 0 Å². The molecule has 1 N–H and O–H groups in total. The van der Waals surface area contributed by atoms with Gasteiger partial charge in [-0.05, 0) is 55.2 Å². The summed E-state index contributed by atoms with van der Waals surface area (Å²) >= 11 is 0. The molecule has 2 aromatic carbocycles. The number of hydrogen-bond donors (Lipinski definition) is 1. The highest BCUT2D eigenvalue weighted by atomic mass is 32.2. The van der Waals surface area contributed by atoms with E-state index in [4.69, 9.17) is 0 Å². The lowest BCUT2D eigenvalue weighted by molar-refractivity contribution is 0.0599. The van der Waals surface area contributed by atoms with Gasteiger partial charge in [0.25, 0.3) is 0 Å². The molecule has 0 saturated heterocycles. The molecule has 0 aliphatic rings. The number of aryl methyl sites for hydroxylation is 2. The third-order valence-corrected chi connectivity index (χ3v) is 5.23. The topological polar surface area (TPSA) is 72.5 Å². The second-order valence-electron chi connectivity index (χ2n) is 5.60. The molecule has 25 heavy (non-hydrogen) atoms. The van der Waals surface area contributed by atoms with E-state index in [1.54, 1.807) is 25.1 Å². The number of benzene rings is 2. The monoisotopic (exact) mass is 365 g/mol. The molecular weight excluding hydrogens is 345 g/mol. The first-order valence-corrected chi connectivity index (χ1v) is 9.25. The average molecular weight is 365 g/mol. The van der Waals surface area contributed by atoms with Gasteiger partial charge in [-0.15, -0.1) is 0 Å². The van der Waals surface area contributed by atoms with Crippen LogP contribution in [0.25, 0.3) is 0 Å². The number of carbonyl (C=O) groups excluding carboxylic acids is 1. The van der Waals surface area contributed by atoms with Crippen LogP contribution in [0.4, 0.5) is 4.39 Å². The van der Waals surface area contributed by atoms with Gasteiger partial charge < -0.3 is 4.74 Å². The Morgan fingerprint density at radius 1 is 1.16 bits per heavy atom. The van der Waals surface area contributed by atoms with Crippen molar-refractivity contribution in [3.05, 3.63) is 65.0 Å². The number of nitrogens with one attached hydrogen (secondary N) is 1. The molecular formula is C18H20FNO4S. The maximum Gasteiger partial charge on any atom is 0.338 e. The molecule has 0 spiro atoms.